The molecule has 19 heavy (non-hydrogen) atoms. The maximum absolute atomic E-state index is 4.49. The normalized spacial score (nSPS) is 12.8. The lowest BCUT2D eigenvalue weighted by molar-refractivity contribution is 0.344. The number of anilines is 2. The van der Waals surface area contributed by atoms with Gasteiger partial charge in [0.2, 0.25) is 5.95 Å². The van der Waals surface area contributed by atoms with E-state index in [1.165, 1.54) is 0 Å². The molecule has 1 aromatic rings. The third-order valence-electron chi connectivity index (χ3n) is 2.77. The van der Waals surface area contributed by atoms with E-state index in [2.05, 4.69) is 69.4 Å². The predicted molar refractivity (Wildman–Crippen MR) is 84.7 cm³/mol. The molecule has 1 aromatic heterocycles. The molecule has 1 unspecified atom stereocenters. The summed E-state index contributed by atoms with van der Waals surface area (Å²) in [6.07, 6.45) is 1.78. The smallest absolute Gasteiger partial charge is 0.224 e. The summed E-state index contributed by atoms with van der Waals surface area (Å²) in [6, 6.07) is 0.343. The summed E-state index contributed by atoms with van der Waals surface area (Å²) in [6.45, 7) is 8.22. The van der Waals surface area contributed by atoms with E-state index in [0.717, 1.165) is 23.4 Å². The first-order chi connectivity index (χ1) is 8.93. The minimum absolute atomic E-state index is 0.343. The van der Waals surface area contributed by atoms with Crippen molar-refractivity contribution in [2.24, 2.45) is 5.92 Å². The van der Waals surface area contributed by atoms with Crippen molar-refractivity contribution >= 4 is 27.7 Å². The van der Waals surface area contributed by atoms with Crippen molar-refractivity contribution in [3.8, 4) is 0 Å². The van der Waals surface area contributed by atoms with Gasteiger partial charge in [-0.2, -0.15) is 4.98 Å². The zero-order valence-corrected chi connectivity index (χ0v) is 14.0. The van der Waals surface area contributed by atoms with Crippen molar-refractivity contribution < 1.29 is 0 Å². The van der Waals surface area contributed by atoms with Gasteiger partial charge >= 0.3 is 0 Å². The Bertz CT molecular complexity index is 395. The molecule has 2 N–H and O–H groups in total. The third kappa shape index (κ3) is 5.32. The zero-order chi connectivity index (χ0) is 14.4. The summed E-state index contributed by atoms with van der Waals surface area (Å²) in [5.41, 5.74) is 0. The van der Waals surface area contributed by atoms with Gasteiger partial charge in [0, 0.05) is 25.3 Å². The van der Waals surface area contributed by atoms with E-state index in [0.29, 0.717) is 17.9 Å². The molecule has 5 nitrogen and oxygen atoms in total. The average molecular weight is 330 g/mol. The van der Waals surface area contributed by atoms with Crippen LogP contribution < -0.4 is 10.6 Å². The topological polar surface area (TPSA) is 53.1 Å². The van der Waals surface area contributed by atoms with E-state index in [-0.39, 0.29) is 0 Å². The van der Waals surface area contributed by atoms with Crippen LogP contribution in [0.3, 0.4) is 0 Å². The van der Waals surface area contributed by atoms with Crippen LogP contribution in [-0.2, 0) is 0 Å². The van der Waals surface area contributed by atoms with Crippen LogP contribution >= 0.6 is 15.9 Å². The highest BCUT2D eigenvalue weighted by atomic mass is 79.9. The Balaban J connectivity index is 2.85. The van der Waals surface area contributed by atoms with E-state index in [1.54, 1.807) is 6.20 Å². The first kappa shape index (κ1) is 16.2. The number of halogens is 1. The van der Waals surface area contributed by atoms with Crippen LogP contribution in [0.1, 0.15) is 20.8 Å². The Morgan fingerprint density at radius 1 is 1.37 bits per heavy atom. The summed E-state index contributed by atoms with van der Waals surface area (Å²) < 4.78 is 0.888. The molecule has 0 fully saturated rings. The molecular formula is C13H24BrN5. The number of hydrogen-bond acceptors (Lipinski definition) is 5. The zero-order valence-electron chi connectivity index (χ0n) is 12.4. The molecule has 1 rings (SSSR count). The number of hydrogen-bond donors (Lipinski definition) is 2. The summed E-state index contributed by atoms with van der Waals surface area (Å²) in [5, 5.41) is 6.62. The maximum atomic E-state index is 4.49. The largest absolute Gasteiger partial charge is 0.365 e. The van der Waals surface area contributed by atoms with Crippen LogP contribution in [0.5, 0.6) is 0 Å². The monoisotopic (exact) mass is 329 g/mol. The van der Waals surface area contributed by atoms with E-state index in [9.17, 15) is 0 Å². The molecule has 0 saturated heterocycles. The van der Waals surface area contributed by atoms with Crippen molar-refractivity contribution in [2.45, 2.75) is 26.8 Å². The van der Waals surface area contributed by atoms with Crippen LogP contribution in [0.25, 0.3) is 0 Å². The predicted octanol–water partition coefficient (Wildman–Crippen LogP) is 2.67. The fraction of sp³-hybridized carbons (Fsp3) is 0.692. The lowest BCUT2D eigenvalue weighted by Gasteiger charge is -2.26. The van der Waals surface area contributed by atoms with Gasteiger partial charge in [0.15, 0.2) is 0 Å². The number of likely N-dealkylation sites (N-methyl/N-ethyl adjacent to an activating group) is 1. The fourth-order valence-corrected chi connectivity index (χ4v) is 2.01. The molecule has 1 atom stereocenters. The molecule has 0 aliphatic rings. The minimum Gasteiger partial charge on any atom is -0.365 e. The summed E-state index contributed by atoms with van der Waals surface area (Å²) in [4.78, 5) is 10.9. The minimum atomic E-state index is 0.343. The highest BCUT2D eigenvalue weighted by molar-refractivity contribution is 9.10. The molecular weight excluding hydrogens is 306 g/mol. The van der Waals surface area contributed by atoms with Gasteiger partial charge in [-0.25, -0.2) is 4.98 Å². The number of rotatable bonds is 7. The van der Waals surface area contributed by atoms with Crippen molar-refractivity contribution in [3.05, 3.63) is 10.7 Å². The highest BCUT2D eigenvalue weighted by Gasteiger charge is 2.16. The Morgan fingerprint density at radius 3 is 2.58 bits per heavy atom. The van der Waals surface area contributed by atoms with Crippen LogP contribution in [0.4, 0.5) is 11.8 Å². The third-order valence-corrected chi connectivity index (χ3v) is 3.35. The van der Waals surface area contributed by atoms with Crippen LogP contribution in [0.15, 0.2) is 10.7 Å². The van der Waals surface area contributed by atoms with Crippen molar-refractivity contribution in [1.29, 1.82) is 0 Å². The lowest BCUT2D eigenvalue weighted by Crippen LogP contribution is -2.36. The second-order valence-electron chi connectivity index (χ2n) is 5.18. The van der Waals surface area contributed by atoms with E-state index in [1.807, 2.05) is 6.92 Å². The first-order valence-electron chi connectivity index (χ1n) is 6.61. The molecule has 1 heterocycles. The van der Waals surface area contributed by atoms with Gasteiger partial charge in [0.1, 0.15) is 5.82 Å². The van der Waals surface area contributed by atoms with Gasteiger partial charge in [0.05, 0.1) is 4.47 Å². The first-order valence-corrected chi connectivity index (χ1v) is 7.41. The van der Waals surface area contributed by atoms with E-state index < -0.39 is 0 Å². The SMILES string of the molecule is CCNc1ncc(Br)c(NC(CN(C)C)C(C)C)n1. The maximum Gasteiger partial charge on any atom is 0.224 e. The van der Waals surface area contributed by atoms with Gasteiger partial charge in [-0.3, -0.25) is 0 Å². The van der Waals surface area contributed by atoms with Crippen LogP contribution in [0.2, 0.25) is 0 Å². The number of nitrogens with one attached hydrogen (secondary N) is 2. The van der Waals surface area contributed by atoms with Crippen molar-refractivity contribution in [2.75, 3.05) is 37.8 Å². The van der Waals surface area contributed by atoms with Gasteiger partial charge in [-0.1, -0.05) is 13.8 Å². The molecule has 108 valence electrons. The molecule has 0 aromatic carbocycles. The van der Waals surface area contributed by atoms with Gasteiger partial charge < -0.3 is 15.5 Å². The fourth-order valence-electron chi connectivity index (χ4n) is 1.70. The van der Waals surface area contributed by atoms with Crippen LogP contribution in [-0.4, -0.2) is 48.1 Å². The quantitative estimate of drug-likeness (QED) is 0.805. The molecule has 0 aliphatic heterocycles. The molecule has 6 heteroatoms. The van der Waals surface area contributed by atoms with Crippen molar-refractivity contribution in [1.82, 2.24) is 14.9 Å². The molecule has 0 radical (unpaired) electrons. The summed E-state index contributed by atoms with van der Waals surface area (Å²) >= 11 is 3.50. The van der Waals surface area contributed by atoms with Crippen LogP contribution in [0, 0.1) is 5.92 Å². The Kier molecular flexibility index (Phi) is 6.51. The van der Waals surface area contributed by atoms with E-state index >= 15 is 0 Å². The number of nitrogens with zero attached hydrogens (tertiary/aromatic N) is 3. The average Bonchev–Trinajstić information content (AvgIpc) is 2.32. The highest BCUT2D eigenvalue weighted by Crippen LogP contribution is 2.22. The Labute approximate surface area is 124 Å². The van der Waals surface area contributed by atoms with Crippen molar-refractivity contribution in [3.63, 3.8) is 0 Å². The van der Waals surface area contributed by atoms with Gasteiger partial charge in [-0.15, -0.1) is 0 Å². The Hall–Kier alpha value is -0.880. The summed E-state index contributed by atoms with van der Waals surface area (Å²) in [5.74, 6) is 2.01. The van der Waals surface area contributed by atoms with Gasteiger partial charge in [-0.05, 0) is 42.9 Å². The summed E-state index contributed by atoms with van der Waals surface area (Å²) in [7, 11) is 4.16. The molecule has 0 spiro atoms. The van der Waals surface area contributed by atoms with E-state index in [4.69, 9.17) is 0 Å². The Morgan fingerprint density at radius 2 is 2.05 bits per heavy atom. The molecule has 0 saturated carbocycles. The second kappa shape index (κ2) is 7.65. The standard InChI is InChI=1S/C13H24BrN5/c1-6-15-13-16-7-10(14)12(18-13)17-11(9(2)3)8-19(4)5/h7,9,11H,6,8H2,1-5H3,(H2,15,16,17,18). The lowest BCUT2D eigenvalue weighted by atomic mass is 10.0. The molecule has 0 amide bonds. The van der Waals surface area contributed by atoms with Gasteiger partial charge in [0.25, 0.3) is 0 Å². The number of aromatic nitrogens is 2. The second-order valence-corrected chi connectivity index (χ2v) is 6.03. The molecule has 0 bridgehead atoms. The molecule has 0 aliphatic carbocycles.